The highest BCUT2D eigenvalue weighted by Gasteiger charge is 2.34. The number of hydrogen-bond donors (Lipinski definition) is 1. The minimum absolute atomic E-state index is 0.808. The molecule has 0 aromatic heterocycles. The third kappa shape index (κ3) is 5.34. The highest BCUT2D eigenvalue weighted by Crippen LogP contribution is 2.39. The van der Waals surface area contributed by atoms with Gasteiger partial charge in [0.1, 0.15) is 5.37 Å². The normalized spacial score (nSPS) is 13.2. The second kappa shape index (κ2) is 6.69. The van der Waals surface area contributed by atoms with Crippen molar-refractivity contribution in [2.75, 3.05) is 6.67 Å². The molecule has 0 spiro atoms. The summed E-state index contributed by atoms with van der Waals surface area (Å²) in [6.07, 6.45) is 0. The Bertz CT molecular complexity index is 372. The highest BCUT2D eigenvalue weighted by molar-refractivity contribution is 8.00. The Morgan fingerprint density at radius 3 is 2.41 bits per heavy atom. The summed E-state index contributed by atoms with van der Waals surface area (Å²) in [5.74, 6) is -0.815. The number of amides is 1. The predicted molar refractivity (Wildman–Crippen MR) is 70.5 cm³/mol. The summed E-state index contributed by atoms with van der Waals surface area (Å²) >= 11 is 18.3. The number of carbonyl (C=O) groups excluding carboxylic acids is 1. The molecule has 17 heavy (non-hydrogen) atoms. The monoisotopic (exact) mass is 315 g/mol. The average molecular weight is 317 g/mol. The van der Waals surface area contributed by atoms with E-state index in [2.05, 4.69) is 5.32 Å². The van der Waals surface area contributed by atoms with Crippen molar-refractivity contribution in [3.8, 4) is 0 Å². The van der Waals surface area contributed by atoms with Gasteiger partial charge in [-0.3, -0.25) is 4.79 Å². The van der Waals surface area contributed by atoms with Gasteiger partial charge in [0.05, 0.1) is 0 Å². The summed E-state index contributed by atoms with van der Waals surface area (Å²) < 4.78 is 10.4. The van der Waals surface area contributed by atoms with E-state index in [0.717, 1.165) is 16.7 Å². The van der Waals surface area contributed by atoms with Crippen LogP contribution in [0.1, 0.15) is 0 Å². The van der Waals surface area contributed by atoms with Gasteiger partial charge in [-0.2, -0.15) is 0 Å². The van der Waals surface area contributed by atoms with Gasteiger partial charge in [-0.25, -0.2) is 4.39 Å². The molecule has 0 radical (unpaired) electrons. The minimum Gasteiger partial charge on any atom is -0.338 e. The molecule has 1 aromatic carbocycles. The van der Waals surface area contributed by atoms with Crippen LogP contribution in [0.3, 0.4) is 0 Å². The molecule has 1 N–H and O–H groups in total. The maximum Gasteiger partial charge on any atom is 0.252 e. The third-order valence-corrected chi connectivity index (χ3v) is 4.00. The quantitative estimate of drug-likeness (QED) is 0.523. The van der Waals surface area contributed by atoms with Crippen molar-refractivity contribution in [3.05, 3.63) is 30.3 Å². The van der Waals surface area contributed by atoms with E-state index in [1.165, 1.54) is 0 Å². The molecule has 94 valence electrons. The Morgan fingerprint density at radius 2 is 1.94 bits per heavy atom. The van der Waals surface area contributed by atoms with Crippen LogP contribution in [-0.4, -0.2) is 21.7 Å². The first-order valence-corrected chi connectivity index (χ1v) is 6.58. The van der Waals surface area contributed by atoms with Gasteiger partial charge in [-0.1, -0.05) is 64.8 Å². The molecule has 7 heteroatoms. The van der Waals surface area contributed by atoms with Crippen molar-refractivity contribution in [2.45, 2.75) is 14.1 Å². The molecule has 0 unspecified atom stereocenters. The number of rotatable bonds is 4. The summed E-state index contributed by atoms with van der Waals surface area (Å²) in [5.41, 5.74) is 0. The first kappa shape index (κ1) is 14.9. The van der Waals surface area contributed by atoms with Gasteiger partial charge >= 0.3 is 0 Å². The number of carbonyl (C=O) groups is 1. The standard InChI is InChI=1S/C10H9Cl3FNOS/c11-10(12,13)9(15-8(16)6-14)17-7-4-2-1-3-5-7/h1-5,9H,6H2,(H,15,16)/t9-/m0/s1. The van der Waals surface area contributed by atoms with Crippen molar-refractivity contribution in [2.24, 2.45) is 0 Å². The van der Waals surface area contributed by atoms with Crippen LogP contribution in [0.2, 0.25) is 0 Å². The van der Waals surface area contributed by atoms with Crippen LogP contribution >= 0.6 is 46.6 Å². The number of hydrogen-bond acceptors (Lipinski definition) is 2. The second-order valence-corrected chi connectivity index (χ2v) is 6.60. The van der Waals surface area contributed by atoms with Crippen molar-refractivity contribution in [1.29, 1.82) is 0 Å². The van der Waals surface area contributed by atoms with Crippen LogP contribution in [0.25, 0.3) is 0 Å². The molecule has 0 heterocycles. The zero-order valence-corrected chi connectivity index (χ0v) is 11.6. The fourth-order valence-electron chi connectivity index (χ4n) is 0.998. The first-order valence-electron chi connectivity index (χ1n) is 4.57. The zero-order chi connectivity index (χ0) is 12.9. The van der Waals surface area contributed by atoms with Gasteiger partial charge in [0.2, 0.25) is 3.79 Å². The van der Waals surface area contributed by atoms with E-state index in [-0.39, 0.29) is 0 Å². The minimum atomic E-state index is -1.72. The van der Waals surface area contributed by atoms with Gasteiger partial charge in [-0.05, 0) is 12.1 Å². The molecule has 1 atom stereocenters. The van der Waals surface area contributed by atoms with Crippen molar-refractivity contribution < 1.29 is 9.18 Å². The molecule has 0 bridgehead atoms. The lowest BCUT2D eigenvalue weighted by Crippen LogP contribution is -2.42. The summed E-state index contributed by atoms with van der Waals surface area (Å²) in [4.78, 5) is 11.8. The van der Waals surface area contributed by atoms with Crippen molar-refractivity contribution in [3.63, 3.8) is 0 Å². The lowest BCUT2D eigenvalue weighted by Gasteiger charge is -2.24. The van der Waals surface area contributed by atoms with Crippen molar-refractivity contribution >= 4 is 52.5 Å². The molecule has 1 amide bonds. The van der Waals surface area contributed by atoms with Crippen LogP contribution < -0.4 is 5.32 Å². The topological polar surface area (TPSA) is 29.1 Å². The van der Waals surface area contributed by atoms with Crippen LogP contribution in [0.4, 0.5) is 4.39 Å². The molecule has 0 aliphatic rings. The van der Waals surface area contributed by atoms with Crippen LogP contribution in [-0.2, 0) is 4.79 Å². The third-order valence-electron chi connectivity index (χ3n) is 1.71. The van der Waals surface area contributed by atoms with Crippen LogP contribution in [0.5, 0.6) is 0 Å². The molecule has 0 aliphatic heterocycles. The van der Waals surface area contributed by atoms with Gasteiger partial charge < -0.3 is 5.32 Å². The molecule has 0 fully saturated rings. The number of alkyl halides is 4. The Hall–Kier alpha value is -0.160. The molecule has 0 saturated carbocycles. The maximum absolute atomic E-state index is 12.1. The molecule has 1 rings (SSSR count). The number of benzene rings is 1. The van der Waals surface area contributed by atoms with E-state index < -0.39 is 21.7 Å². The molecular formula is C10H9Cl3FNOS. The summed E-state index contributed by atoms with van der Waals surface area (Å²) in [6.45, 7) is -1.15. The molecular weight excluding hydrogens is 308 g/mol. The van der Waals surface area contributed by atoms with E-state index in [1.54, 1.807) is 12.1 Å². The second-order valence-electron chi connectivity index (χ2n) is 3.05. The number of thioether (sulfide) groups is 1. The van der Waals surface area contributed by atoms with Crippen LogP contribution in [0.15, 0.2) is 35.2 Å². The number of halogens is 4. The summed E-state index contributed by atoms with van der Waals surface area (Å²) in [5, 5.41) is 1.46. The van der Waals surface area contributed by atoms with Crippen LogP contribution in [0, 0.1) is 0 Å². The fourth-order valence-corrected chi connectivity index (χ4v) is 2.47. The number of nitrogens with one attached hydrogen (secondary N) is 1. The van der Waals surface area contributed by atoms with E-state index in [0.29, 0.717) is 0 Å². The van der Waals surface area contributed by atoms with Gasteiger partial charge in [0.15, 0.2) is 6.67 Å². The lowest BCUT2D eigenvalue weighted by molar-refractivity contribution is -0.122. The van der Waals surface area contributed by atoms with E-state index in [1.807, 2.05) is 18.2 Å². The Morgan fingerprint density at radius 1 is 1.35 bits per heavy atom. The van der Waals surface area contributed by atoms with E-state index >= 15 is 0 Å². The Labute approximate surface area is 118 Å². The fraction of sp³-hybridized carbons (Fsp3) is 0.300. The SMILES string of the molecule is O=C(CF)N[C@@H](Sc1ccccc1)C(Cl)(Cl)Cl. The average Bonchev–Trinajstić information content (AvgIpc) is 2.28. The molecule has 2 nitrogen and oxygen atoms in total. The maximum atomic E-state index is 12.1. The zero-order valence-electron chi connectivity index (χ0n) is 8.50. The van der Waals surface area contributed by atoms with Crippen molar-refractivity contribution in [1.82, 2.24) is 5.32 Å². The Balaban J connectivity index is 2.75. The smallest absolute Gasteiger partial charge is 0.252 e. The Kier molecular flexibility index (Phi) is 5.86. The molecule has 0 saturated heterocycles. The van der Waals surface area contributed by atoms with E-state index in [9.17, 15) is 9.18 Å². The largest absolute Gasteiger partial charge is 0.338 e. The van der Waals surface area contributed by atoms with E-state index in [4.69, 9.17) is 34.8 Å². The summed E-state index contributed by atoms with van der Waals surface area (Å²) in [7, 11) is 0. The summed E-state index contributed by atoms with van der Waals surface area (Å²) in [6, 6.07) is 9.07. The van der Waals surface area contributed by atoms with Gasteiger partial charge in [0.25, 0.3) is 5.91 Å². The van der Waals surface area contributed by atoms with Gasteiger partial charge in [0, 0.05) is 4.90 Å². The van der Waals surface area contributed by atoms with Gasteiger partial charge in [-0.15, -0.1) is 0 Å². The first-order chi connectivity index (χ1) is 7.93. The molecule has 0 aliphatic carbocycles. The molecule has 1 aromatic rings. The lowest BCUT2D eigenvalue weighted by atomic mass is 10.4. The predicted octanol–water partition coefficient (Wildman–Crippen LogP) is 3.56. The highest BCUT2D eigenvalue weighted by atomic mass is 35.6.